The second kappa shape index (κ2) is 6.20. The predicted octanol–water partition coefficient (Wildman–Crippen LogP) is 2.69. The van der Waals surface area contributed by atoms with Gasteiger partial charge in [-0.25, -0.2) is 0 Å². The summed E-state index contributed by atoms with van der Waals surface area (Å²) in [6, 6.07) is 1.51. The molecule has 0 spiro atoms. The second-order valence-electron chi connectivity index (χ2n) is 4.97. The molecule has 1 aliphatic heterocycles. The number of carbonyl (C=O) groups excluding carboxylic acids is 1. The number of nitrogens with one attached hydrogen (secondary N) is 2. The largest absolute Gasteiger partial charge is 0.416 e. The Bertz CT molecular complexity index is 590. The molecule has 6 nitrogen and oxygen atoms in total. The molecule has 1 aliphatic rings. The molecule has 2 N–H and O–H groups in total. The molecule has 22 heavy (non-hydrogen) atoms. The van der Waals surface area contributed by atoms with Gasteiger partial charge in [0.25, 0.3) is 5.69 Å². The van der Waals surface area contributed by atoms with Gasteiger partial charge in [-0.2, -0.15) is 13.2 Å². The van der Waals surface area contributed by atoms with Crippen molar-refractivity contribution in [1.82, 2.24) is 5.32 Å². The summed E-state index contributed by atoms with van der Waals surface area (Å²) in [4.78, 5) is 21.9. The van der Waals surface area contributed by atoms with Gasteiger partial charge in [0.05, 0.1) is 10.5 Å². The van der Waals surface area contributed by atoms with E-state index in [-0.39, 0.29) is 11.6 Å². The van der Waals surface area contributed by atoms with Gasteiger partial charge in [0.15, 0.2) is 0 Å². The van der Waals surface area contributed by atoms with Crippen LogP contribution in [0.1, 0.15) is 24.8 Å². The molecule has 0 unspecified atom stereocenters. The van der Waals surface area contributed by atoms with Crippen molar-refractivity contribution in [2.75, 3.05) is 11.9 Å². The summed E-state index contributed by atoms with van der Waals surface area (Å²) >= 11 is 0. The molecule has 0 bridgehead atoms. The first-order valence-corrected chi connectivity index (χ1v) is 6.69. The Morgan fingerprint density at radius 2 is 2.05 bits per heavy atom. The normalized spacial score (nSPS) is 19.2. The van der Waals surface area contributed by atoms with Crippen LogP contribution >= 0.6 is 0 Å². The Balaban J connectivity index is 2.30. The van der Waals surface area contributed by atoms with E-state index in [9.17, 15) is 28.1 Å². The molecule has 0 aromatic heterocycles. The first kappa shape index (κ1) is 16.1. The molecule has 0 aliphatic carbocycles. The number of hydrogen-bond donors (Lipinski definition) is 2. The minimum absolute atomic E-state index is 0.0972. The van der Waals surface area contributed by atoms with Crippen LogP contribution in [-0.4, -0.2) is 23.4 Å². The number of halogens is 3. The van der Waals surface area contributed by atoms with Crippen LogP contribution < -0.4 is 10.6 Å². The topological polar surface area (TPSA) is 84.3 Å². The molecule has 1 saturated heterocycles. The number of alkyl halides is 3. The fraction of sp³-hybridized carbons (Fsp3) is 0.462. The summed E-state index contributed by atoms with van der Waals surface area (Å²) in [6.07, 6.45) is -2.67. The predicted molar refractivity (Wildman–Crippen MR) is 72.4 cm³/mol. The summed E-state index contributed by atoms with van der Waals surface area (Å²) in [5, 5.41) is 16.3. The van der Waals surface area contributed by atoms with Crippen LogP contribution in [0.2, 0.25) is 0 Å². The SMILES string of the molecule is O=C1NCCCC[C@@H]1Nc1ccc(C(F)(F)F)cc1[N+](=O)[O-]. The van der Waals surface area contributed by atoms with Crippen molar-refractivity contribution in [3.05, 3.63) is 33.9 Å². The third kappa shape index (κ3) is 3.66. The Morgan fingerprint density at radius 3 is 2.68 bits per heavy atom. The number of carbonyl (C=O) groups is 1. The van der Waals surface area contributed by atoms with Gasteiger partial charge in [-0.05, 0) is 31.4 Å². The van der Waals surface area contributed by atoms with Crippen molar-refractivity contribution < 1.29 is 22.9 Å². The van der Waals surface area contributed by atoms with Gasteiger partial charge in [0.1, 0.15) is 11.7 Å². The molecular weight excluding hydrogens is 303 g/mol. The fourth-order valence-electron chi connectivity index (χ4n) is 2.25. The van der Waals surface area contributed by atoms with E-state index in [0.29, 0.717) is 19.0 Å². The van der Waals surface area contributed by atoms with Gasteiger partial charge in [-0.15, -0.1) is 0 Å². The van der Waals surface area contributed by atoms with Crippen LogP contribution in [0.5, 0.6) is 0 Å². The van der Waals surface area contributed by atoms with Crippen LogP contribution in [0.25, 0.3) is 0 Å². The molecule has 1 amide bonds. The van der Waals surface area contributed by atoms with E-state index in [4.69, 9.17) is 0 Å². The van der Waals surface area contributed by atoms with E-state index < -0.39 is 28.4 Å². The molecule has 1 aromatic rings. The zero-order valence-electron chi connectivity index (χ0n) is 11.4. The van der Waals surface area contributed by atoms with E-state index in [1.165, 1.54) is 0 Å². The van der Waals surface area contributed by atoms with Gasteiger partial charge in [-0.3, -0.25) is 14.9 Å². The Hall–Kier alpha value is -2.32. The van der Waals surface area contributed by atoms with Crippen molar-refractivity contribution in [1.29, 1.82) is 0 Å². The Labute approximate surface area is 123 Å². The number of benzene rings is 1. The number of nitro benzene ring substituents is 1. The number of anilines is 1. The van der Waals surface area contributed by atoms with Gasteiger partial charge in [-0.1, -0.05) is 0 Å². The van der Waals surface area contributed by atoms with E-state index in [0.717, 1.165) is 25.0 Å². The maximum Gasteiger partial charge on any atom is 0.416 e. The van der Waals surface area contributed by atoms with E-state index in [2.05, 4.69) is 10.6 Å². The van der Waals surface area contributed by atoms with E-state index in [1.807, 2.05) is 0 Å². The Morgan fingerprint density at radius 1 is 1.32 bits per heavy atom. The molecule has 1 fully saturated rings. The summed E-state index contributed by atoms with van der Waals surface area (Å²) in [7, 11) is 0. The van der Waals surface area contributed by atoms with Crippen molar-refractivity contribution in [2.45, 2.75) is 31.5 Å². The quantitative estimate of drug-likeness (QED) is 0.663. The zero-order valence-corrected chi connectivity index (χ0v) is 11.4. The highest BCUT2D eigenvalue weighted by Crippen LogP contribution is 2.35. The molecule has 1 heterocycles. The van der Waals surface area contributed by atoms with Crippen LogP contribution in [0, 0.1) is 10.1 Å². The lowest BCUT2D eigenvalue weighted by Gasteiger charge is -2.17. The van der Waals surface area contributed by atoms with Gasteiger partial charge < -0.3 is 10.6 Å². The fourth-order valence-corrected chi connectivity index (χ4v) is 2.25. The summed E-state index contributed by atoms with van der Waals surface area (Å²) < 4.78 is 37.9. The average Bonchev–Trinajstić information content (AvgIpc) is 2.63. The molecule has 0 radical (unpaired) electrons. The van der Waals surface area contributed by atoms with Gasteiger partial charge in [0, 0.05) is 12.6 Å². The summed E-state index contributed by atoms with van der Waals surface area (Å²) in [6.45, 7) is 0.520. The average molecular weight is 317 g/mol. The lowest BCUT2D eigenvalue weighted by molar-refractivity contribution is -0.384. The highest BCUT2D eigenvalue weighted by molar-refractivity contribution is 5.85. The monoisotopic (exact) mass is 317 g/mol. The van der Waals surface area contributed by atoms with Crippen LogP contribution in [-0.2, 0) is 11.0 Å². The lowest BCUT2D eigenvalue weighted by Crippen LogP contribution is -2.38. The van der Waals surface area contributed by atoms with Crippen molar-refractivity contribution in [2.24, 2.45) is 0 Å². The Kier molecular flexibility index (Phi) is 4.53. The maximum absolute atomic E-state index is 12.6. The number of nitrogens with zero attached hydrogens (tertiary/aromatic N) is 1. The molecular formula is C13H14F3N3O3. The summed E-state index contributed by atoms with van der Waals surface area (Å²) in [5.41, 5.74) is -1.90. The van der Waals surface area contributed by atoms with Crippen molar-refractivity contribution in [3.8, 4) is 0 Å². The number of amides is 1. The van der Waals surface area contributed by atoms with Crippen molar-refractivity contribution >= 4 is 17.3 Å². The second-order valence-corrected chi connectivity index (χ2v) is 4.97. The third-order valence-corrected chi connectivity index (χ3v) is 3.39. The smallest absolute Gasteiger partial charge is 0.368 e. The standard InChI is InChI=1S/C13H14F3N3O3/c14-13(15,16)8-4-5-9(11(7-8)19(21)22)18-10-3-1-2-6-17-12(10)20/h4-5,7,10,18H,1-3,6H2,(H,17,20)/t10-/m0/s1. The minimum atomic E-state index is -4.66. The van der Waals surface area contributed by atoms with E-state index >= 15 is 0 Å². The highest BCUT2D eigenvalue weighted by atomic mass is 19.4. The number of nitro groups is 1. The maximum atomic E-state index is 12.6. The van der Waals surface area contributed by atoms with E-state index in [1.54, 1.807) is 0 Å². The summed E-state index contributed by atoms with van der Waals surface area (Å²) in [5.74, 6) is -0.313. The highest BCUT2D eigenvalue weighted by Gasteiger charge is 2.33. The molecule has 1 aromatic carbocycles. The minimum Gasteiger partial charge on any atom is -0.368 e. The zero-order chi connectivity index (χ0) is 16.3. The first-order valence-electron chi connectivity index (χ1n) is 6.69. The third-order valence-electron chi connectivity index (χ3n) is 3.39. The van der Waals surface area contributed by atoms with Gasteiger partial charge in [0.2, 0.25) is 5.91 Å². The van der Waals surface area contributed by atoms with Crippen LogP contribution in [0.15, 0.2) is 18.2 Å². The molecule has 0 saturated carbocycles. The van der Waals surface area contributed by atoms with Gasteiger partial charge >= 0.3 is 6.18 Å². The molecule has 1 atom stereocenters. The molecule has 2 rings (SSSR count). The first-order chi connectivity index (χ1) is 10.3. The lowest BCUT2D eigenvalue weighted by atomic mass is 10.1. The van der Waals surface area contributed by atoms with Crippen LogP contribution in [0.4, 0.5) is 24.5 Å². The number of rotatable bonds is 3. The molecule has 9 heteroatoms. The van der Waals surface area contributed by atoms with Crippen LogP contribution in [0.3, 0.4) is 0 Å². The van der Waals surface area contributed by atoms with Crippen molar-refractivity contribution in [3.63, 3.8) is 0 Å². The molecule has 120 valence electrons. The number of hydrogen-bond acceptors (Lipinski definition) is 4.